The zero-order valence-corrected chi connectivity index (χ0v) is 8.60. The summed E-state index contributed by atoms with van der Waals surface area (Å²) in [5.74, 6) is 0. The van der Waals surface area contributed by atoms with E-state index in [9.17, 15) is 5.11 Å². The fraction of sp³-hybridized carbons (Fsp3) is 0.500. The summed E-state index contributed by atoms with van der Waals surface area (Å²) in [6, 6.07) is 3.96. The van der Waals surface area contributed by atoms with E-state index in [1.54, 1.807) is 11.3 Å². The van der Waals surface area contributed by atoms with Crippen LogP contribution in [0.1, 0.15) is 16.9 Å². The molecule has 74 valence electrons. The van der Waals surface area contributed by atoms with Crippen LogP contribution in [0.2, 0.25) is 0 Å². The summed E-state index contributed by atoms with van der Waals surface area (Å²) < 4.78 is 0. The molecule has 1 aliphatic heterocycles. The summed E-state index contributed by atoms with van der Waals surface area (Å²) in [5, 5.41) is 23.7. The van der Waals surface area contributed by atoms with Crippen molar-refractivity contribution >= 4 is 11.3 Å². The molecule has 0 amide bonds. The zero-order valence-electron chi connectivity index (χ0n) is 7.79. The van der Waals surface area contributed by atoms with Crippen LogP contribution in [0.3, 0.4) is 0 Å². The Balaban J connectivity index is 2.07. The van der Waals surface area contributed by atoms with Crippen LogP contribution in [0.25, 0.3) is 0 Å². The average Bonchev–Trinajstić information content (AvgIpc) is 2.75. The summed E-state index contributed by atoms with van der Waals surface area (Å²) in [4.78, 5) is 1.09. The van der Waals surface area contributed by atoms with Crippen molar-refractivity contribution in [3.63, 3.8) is 0 Å². The molecule has 0 saturated carbocycles. The summed E-state index contributed by atoms with van der Waals surface area (Å²) in [5.41, 5.74) is 0.0944. The van der Waals surface area contributed by atoms with Crippen molar-refractivity contribution in [2.24, 2.45) is 0 Å². The van der Waals surface area contributed by atoms with Crippen molar-refractivity contribution in [2.45, 2.75) is 18.4 Å². The molecule has 0 spiro atoms. The second kappa shape index (κ2) is 3.70. The predicted octanol–water partition coefficient (Wildman–Crippen LogP) is 0.887. The standard InChI is InChI=1S/C10H12N2OS/c11-5-8-3-9(14-6-8)4-10(13)1-2-12-7-10/h3,6,12-13H,1-2,4,7H2. The van der Waals surface area contributed by atoms with Crippen LogP contribution >= 0.6 is 11.3 Å². The molecule has 1 aromatic heterocycles. The van der Waals surface area contributed by atoms with Crippen LogP contribution in [0.4, 0.5) is 0 Å². The van der Waals surface area contributed by atoms with Gasteiger partial charge in [0.1, 0.15) is 6.07 Å². The van der Waals surface area contributed by atoms with Gasteiger partial charge >= 0.3 is 0 Å². The number of nitriles is 1. The molecule has 0 radical (unpaired) electrons. The van der Waals surface area contributed by atoms with Crippen LogP contribution in [0.5, 0.6) is 0 Å². The molecule has 1 saturated heterocycles. The largest absolute Gasteiger partial charge is 0.388 e. The minimum atomic E-state index is -0.600. The summed E-state index contributed by atoms with van der Waals surface area (Å²) in [6.45, 7) is 1.54. The minimum Gasteiger partial charge on any atom is -0.388 e. The highest BCUT2D eigenvalue weighted by molar-refractivity contribution is 7.10. The van der Waals surface area contributed by atoms with Gasteiger partial charge in [0, 0.05) is 23.2 Å². The molecule has 0 bridgehead atoms. The first kappa shape index (κ1) is 9.66. The van der Waals surface area contributed by atoms with Gasteiger partial charge in [-0.2, -0.15) is 5.26 Å². The molecule has 4 heteroatoms. The fourth-order valence-corrected chi connectivity index (χ4v) is 2.68. The highest BCUT2D eigenvalue weighted by atomic mass is 32.1. The Kier molecular flexibility index (Phi) is 2.55. The molecule has 2 heterocycles. The lowest BCUT2D eigenvalue weighted by atomic mass is 9.98. The lowest BCUT2D eigenvalue weighted by Crippen LogP contribution is -2.33. The Morgan fingerprint density at radius 1 is 1.71 bits per heavy atom. The first-order chi connectivity index (χ1) is 6.72. The van der Waals surface area contributed by atoms with E-state index < -0.39 is 5.60 Å². The quantitative estimate of drug-likeness (QED) is 0.758. The highest BCUT2D eigenvalue weighted by Crippen LogP contribution is 2.24. The number of rotatable bonds is 2. The van der Waals surface area contributed by atoms with Gasteiger partial charge in [-0.3, -0.25) is 0 Å². The van der Waals surface area contributed by atoms with Crippen molar-refractivity contribution < 1.29 is 5.11 Å². The maximum absolute atomic E-state index is 10.1. The number of nitrogens with zero attached hydrogens (tertiary/aromatic N) is 1. The summed E-state index contributed by atoms with van der Waals surface area (Å²) in [7, 11) is 0. The maximum atomic E-state index is 10.1. The van der Waals surface area contributed by atoms with Gasteiger partial charge in [0.2, 0.25) is 0 Å². The summed E-state index contributed by atoms with van der Waals surface area (Å²) in [6.07, 6.45) is 1.46. The predicted molar refractivity (Wildman–Crippen MR) is 55.2 cm³/mol. The van der Waals surface area contributed by atoms with Crippen LogP contribution < -0.4 is 5.32 Å². The number of β-amino-alcohol motifs (C(OH)–C–C–N with tert-alkyl or cyclic N) is 1. The molecule has 1 aromatic rings. The fourth-order valence-electron chi connectivity index (χ4n) is 1.74. The van der Waals surface area contributed by atoms with Gasteiger partial charge < -0.3 is 10.4 Å². The second-order valence-corrected chi connectivity index (χ2v) is 4.74. The van der Waals surface area contributed by atoms with E-state index in [2.05, 4.69) is 11.4 Å². The Labute approximate surface area is 87.0 Å². The molecule has 1 unspecified atom stereocenters. The molecule has 1 aliphatic rings. The monoisotopic (exact) mass is 208 g/mol. The van der Waals surface area contributed by atoms with Crippen LogP contribution in [-0.4, -0.2) is 23.8 Å². The highest BCUT2D eigenvalue weighted by Gasteiger charge is 2.31. The van der Waals surface area contributed by atoms with Gasteiger partial charge in [-0.1, -0.05) is 0 Å². The van der Waals surface area contributed by atoms with E-state index in [-0.39, 0.29) is 0 Å². The first-order valence-corrected chi connectivity index (χ1v) is 5.50. The molecule has 0 aliphatic carbocycles. The van der Waals surface area contributed by atoms with E-state index in [0.717, 1.165) is 17.8 Å². The topological polar surface area (TPSA) is 56.0 Å². The van der Waals surface area contributed by atoms with Gasteiger partial charge in [-0.25, -0.2) is 0 Å². The Hall–Kier alpha value is -0.890. The minimum absolute atomic E-state index is 0.600. The van der Waals surface area contributed by atoms with Gasteiger partial charge in [0.05, 0.1) is 11.2 Å². The lowest BCUT2D eigenvalue weighted by molar-refractivity contribution is 0.0627. The SMILES string of the molecule is N#Cc1csc(CC2(O)CCNC2)c1. The molecule has 1 fully saturated rings. The third-order valence-corrected chi connectivity index (χ3v) is 3.44. The van der Waals surface area contributed by atoms with E-state index in [0.29, 0.717) is 18.5 Å². The number of nitrogens with one attached hydrogen (secondary N) is 1. The molecular formula is C10H12N2OS. The third-order valence-electron chi connectivity index (χ3n) is 2.51. The average molecular weight is 208 g/mol. The Morgan fingerprint density at radius 3 is 3.14 bits per heavy atom. The lowest BCUT2D eigenvalue weighted by Gasteiger charge is -2.19. The molecule has 0 aromatic carbocycles. The van der Waals surface area contributed by atoms with Crippen molar-refractivity contribution in [1.82, 2.24) is 5.32 Å². The zero-order chi connectivity index (χ0) is 10.0. The van der Waals surface area contributed by atoms with Gasteiger partial charge in [-0.05, 0) is 19.0 Å². The second-order valence-electron chi connectivity index (χ2n) is 3.74. The van der Waals surface area contributed by atoms with Crippen LogP contribution in [-0.2, 0) is 6.42 Å². The van der Waals surface area contributed by atoms with E-state index in [4.69, 9.17) is 5.26 Å². The van der Waals surface area contributed by atoms with Crippen molar-refractivity contribution in [3.8, 4) is 6.07 Å². The molecular weight excluding hydrogens is 196 g/mol. The smallest absolute Gasteiger partial charge is 0.100 e. The molecule has 1 atom stereocenters. The van der Waals surface area contributed by atoms with Crippen molar-refractivity contribution in [1.29, 1.82) is 5.26 Å². The Morgan fingerprint density at radius 2 is 2.57 bits per heavy atom. The van der Waals surface area contributed by atoms with E-state index in [1.807, 2.05) is 11.4 Å². The number of hydrogen-bond donors (Lipinski definition) is 2. The maximum Gasteiger partial charge on any atom is 0.100 e. The number of aliphatic hydroxyl groups is 1. The normalized spacial score (nSPS) is 26.3. The number of hydrogen-bond acceptors (Lipinski definition) is 4. The van der Waals surface area contributed by atoms with Gasteiger partial charge in [0.15, 0.2) is 0 Å². The number of thiophene rings is 1. The van der Waals surface area contributed by atoms with Gasteiger partial charge in [0.25, 0.3) is 0 Å². The third kappa shape index (κ3) is 1.95. The molecule has 2 rings (SSSR count). The van der Waals surface area contributed by atoms with Crippen molar-refractivity contribution in [3.05, 3.63) is 21.9 Å². The van der Waals surface area contributed by atoms with Crippen molar-refractivity contribution in [2.75, 3.05) is 13.1 Å². The van der Waals surface area contributed by atoms with Gasteiger partial charge in [-0.15, -0.1) is 11.3 Å². The Bertz CT molecular complexity index is 360. The molecule has 2 N–H and O–H groups in total. The van der Waals surface area contributed by atoms with Crippen LogP contribution in [0.15, 0.2) is 11.4 Å². The summed E-state index contributed by atoms with van der Waals surface area (Å²) >= 11 is 1.55. The van der Waals surface area contributed by atoms with Crippen LogP contribution in [0, 0.1) is 11.3 Å². The first-order valence-electron chi connectivity index (χ1n) is 4.62. The molecule has 14 heavy (non-hydrogen) atoms. The van der Waals surface area contributed by atoms with E-state index in [1.165, 1.54) is 0 Å². The molecule has 3 nitrogen and oxygen atoms in total. The van der Waals surface area contributed by atoms with E-state index >= 15 is 0 Å².